The quantitative estimate of drug-likeness (QED) is 0.742. The summed E-state index contributed by atoms with van der Waals surface area (Å²) in [6, 6.07) is 6.37. The van der Waals surface area contributed by atoms with Crippen LogP contribution in [0, 0.1) is 6.92 Å². The SMILES string of the molecule is Cc1nc(CC(=O)OCc2cccc(S(=O)(=O)N(C)C)c2)cs1. The Morgan fingerprint density at radius 3 is 2.70 bits per heavy atom. The Kier molecular flexibility index (Phi) is 5.51. The van der Waals surface area contributed by atoms with E-state index in [1.807, 2.05) is 12.3 Å². The van der Waals surface area contributed by atoms with Gasteiger partial charge < -0.3 is 4.74 Å². The molecule has 1 aromatic carbocycles. The predicted octanol–water partition coefficient (Wildman–Crippen LogP) is 1.99. The van der Waals surface area contributed by atoms with Crippen LogP contribution in [0.5, 0.6) is 0 Å². The normalized spacial score (nSPS) is 11.7. The first-order chi connectivity index (χ1) is 10.8. The van der Waals surface area contributed by atoms with Crippen LogP contribution in [-0.2, 0) is 32.6 Å². The number of nitrogens with zero attached hydrogens (tertiary/aromatic N) is 2. The summed E-state index contributed by atoms with van der Waals surface area (Å²) in [6.45, 7) is 1.90. The summed E-state index contributed by atoms with van der Waals surface area (Å²) in [4.78, 5) is 16.2. The molecule has 0 amide bonds. The molecule has 0 bridgehead atoms. The van der Waals surface area contributed by atoms with Gasteiger partial charge >= 0.3 is 5.97 Å². The topological polar surface area (TPSA) is 76.6 Å². The van der Waals surface area contributed by atoms with E-state index in [4.69, 9.17) is 4.74 Å². The highest BCUT2D eigenvalue weighted by molar-refractivity contribution is 7.89. The van der Waals surface area contributed by atoms with Crippen LogP contribution in [0.25, 0.3) is 0 Å². The number of hydrogen-bond acceptors (Lipinski definition) is 6. The molecule has 23 heavy (non-hydrogen) atoms. The van der Waals surface area contributed by atoms with Crippen LogP contribution in [0.1, 0.15) is 16.3 Å². The van der Waals surface area contributed by atoms with Crippen molar-refractivity contribution in [1.29, 1.82) is 0 Å². The van der Waals surface area contributed by atoms with Crippen LogP contribution < -0.4 is 0 Å². The molecule has 8 heteroatoms. The third kappa shape index (κ3) is 4.60. The number of thiazole rings is 1. The molecule has 0 aliphatic rings. The van der Waals surface area contributed by atoms with Crippen molar-refractivity contribution in [3.05, 3.63) is 45.9 Å². The van der Waals surface area contributed by atoms with Crippen LogP contribution in [0.3, 0.4) is 0 Å². The molecule has 2 aromatic rings. The summed E-state index contributed by atoms with van der Waals surface area (Å²) in [7, 11) is -0.559. The number of carbonyl (C=O) groups is 1. The maximum Gasteiger partial charge on any atom is 0.312 e. The number of esters is 1. The lowest BCUT2D eigenvalue weighted by Gasteiger charge is -2.12. The zero-order chi connectivity index (χ0) is 17.0. The number of hydrogen-bond donors (Lipinski definition) is 0. The molecule has 0 aliphatic heterocycles. The first-order valence-electron chi connectivity index (χ1n) is 6.87. The van der Waals surface area contributed by atoms with Crippen molar-refractivity contribution >= 4 is 27.3 Å². The highest BCUT2D eigenvalue weighted by atomic mass is 32.2. The van der Waals surface area contributed by atoms with E-state index in [0.29, 0.717) is 11.3 Å². The average molecular weight is 354 g/mol. The molecule has 0 radical (unpaired) electrons. The Labute approximate surface area is 139 Å². The predicted molar refractivity (Wildman–Crippen MR) is 87.7 cm³/mol. The largest absolute Gasteiger partial charge is 0.461 e. The van der Waals surface area contributed by atoms with Gasteiger partial charge in [-0.2, -0.15) is 0 Å². The van der Waals surface area contributed by atoms with Crippen molar-refractivity contribution in [2.45, 2.75) is 24.8 Å². The van der Waals surface area contributed by atoms with Gasteiger partial charge in [0.15, 0.2) is 0 Å². The molecule has 0 aliphatic carbocycles. The van der Waals surface area contributed by atoms with Crippen molar-refractivity contribution in [2.75, 3.05) is 14.1 Å². The van der Waals surface area contributed by atoms with Gasteiger partial charge in [-0.05, 0) is 24.6 Å². The van der Waals surface area contributed by atoms with Crippen LogP contribution in [0.4, 0.5) is 0 Å². The highest BCUT2D eigenvalue weighted by Crippen LogP contribution is 2.16. The summed E-state index contributed by atoms with van der Waals surface area (Å²) in [5.41, 5.74) is 1.30. The molecule has 0 fully saturated rings. The third-order valence-electron chi connectivity index (χ3n) is 3.07. The van der Waals surface area contributed by atoms with Crippen LogP contribution in [0.2, 0.25) is 0 Å². The maximum atomic E-state index is 12.1. The first kappa shape index (κ1) is 17.6. The van der Waals surface area contributed by atoms with Crippen molar-refractivity contribution < 1.29 is 17.9 Å². The second kappa shape index (κ2) is 7.20. The lowest BCUT2D eigenvalue weighted by Crippen LogP contribution is -2.22. The van der Waals surface area contributed by atoms with Gasteiger partial charge in [0.05, 0.1) is 22.0 Å². The molecule has 0 saturated carbocycles. The molecule has 0 atom stereocenters. The number of aromatic nitrogens is 1. The lowest BCUT2D eigenvalue weighted by molar-refractivity contribution is -0.144. The van der Waals surface area contributed by atoms with E-state index in [1.165, 1.54) is 37.6 Å². The van der Waals surface area contributed by atoms with E-state index in [0.717, 1.165) is 9.31 Å². The Hall–Kier alpha value is -1.77. The Morgan fingerprint density at radius 1 is 1.35 bits per heavy atom. The summed E-state index contributed by atoms with van der Waals surface area (Å²) in [5.74, 6) is -0.392. The molecule has 0 unspecified atom stereocenters. The third-order valence-corrected chi connectivity index (χ3v) is 5.70. The average Bonchev–Trinajstić information content (AvgIpc) is 2.90. The van der Waals surface area contributed by atoms with Gasteiger partial charge in [-0.3, -0.25) is 4.79 Å². The Bertz CT molecular complexity index is 797. The minimum atomic E-state index is -3.50. The van der Waals surface area contributed by atoms with Crippen molar-refractivity contribution in [3.8, 4) is 0 Å². The van der Waals surface area contributed by atoms with Crippen LogP contribution in [-0.4, -0.2) is 37.8 Å². The molecular formula is C15H18N2O4S2. The molecule has 124 valence electrons. The standard InChI is InChI=1S/C15H18N2O4S2/c1-11-16-13(10-22-11)8-15(18)21-9-12-5-4-6-14(7-12)23(19,20)17(2)3/h4-7,10H,8-9H2,1-3H3. The number of carbonyl (C=O) groups excluding carboxylic acids is 1. The minimum absolute atomic E-state index is 0.0265. The molecular weight excluding hydrogens is 336 g/mol. The van der Waals surface area contributed by atoms with Gasteiger partial charge in [-0.25, -0.2) is 17.7 Å². The first-order valence-corrected chi connectivity index (χ1v) is 9.19. The van der Waals surface area contributed by atoms with E-state index < -0.39 is 16.0 Å². The zero-order valence-electron chi connectivity index (χ0n) is 13.1. The van der Waals surface area contributed by atoms with Gasteiger partial charge in [-0.15, -0.1) is 11.3 Å². The van der Waals surface area contributed by atoms with Crippen molar-refractivity contribution in [3.63, 3.8) is 0 Å². The fraction of sp³-hybridized carbons (Fsp3) is 0.333. The number of aryl methyl sites for hydroxylation is 1. The molecule has 1 aromatic heterocycles. The van der Waals surface area contributed by atoms with E-state index in [1.54, 1.807) is 12.1 Å². The van der Waals surface area contributed by atoms with Crippen LogP contribution in [0.15, 0.2) is 34.5 Å². The molecule has 2 rings (SSSR count). The Morgan fingerprint density at radius 2 is 2.09 bits per heavy atom. The highest BCUT2D eigenvalue weighted by Gasteiger charge is 2.17. The maximum absolute atomic E-state index is 12.1. The van der Waals surface area contributed by atoms with E-state index in [9.17, 15) is 13.2 Å². The van der Waals surface area contributed by atoms with Crippen molar-refractivity contribution in [2.24, 2.45) is 0 Å². The second-order valence-corrected chi connectivity index (χ2v) is 8.34. The second-order valence-electron chi connectivity index (χ2n) is 5.13. The number of rotatable bonds is 6. The molecule has 6 nitrogen and oxygen atoms in total. The summed E-state index contributed by atoms with van der Waals surface area (Å²) in [5, 5.41) is 2.72. The van der Waals surface area contributed by atoms with Gasteiger partial charge in [-0.1, -0.05) is 12.1 Å². The Balaban J connectivity index is 2.00. The molecule has 1 heterocycles. The number of ether oxygens (including phenoxy) is 1. The molecule has 0 spiro atoms. The van der Waals surface area contributed by atoms with Crippen LogP contribution >= 0.6 is 11.3 Å². The number of sulfonamides is 1. The minimum Gasteiger partial charge on any atom is -0.461 e. The van der Waals surface area contributed by atoms with Gasteiger partial charge in [0.2, 0.25) is 10.0 Å². The smallest absolute Gasteiger partial charge is 0.312 e. The summed E-state index contributed by atoms with van der Waals surface area (Å²) >= 11 is 1.48. The van der Waals surface area contributed by atoms with Crippen molar-refractivity contribution in [1.82, 2.24) is 9.29 Å². The molecule has 0 N–H and O–H groups in total. The van der Waals surface area contributed by atoms with Gasteiger partial charge in [0, 0.05) is 19.5 Å². The van der Waals surface area contributed by atoms with E-state index >= 15 is 0 Å². The summed E-state index contributed by atoms with van der Waals surface area (Å²) in [6.07, 6.45) is 0.111. The fourth-order valence-electron chi connectivity index (χ4n) is 1.86. The molecule has 0 saturated heterocycles. The van der Waals surface area contributed by atoms with Gasteiger partial charge in [0.1, 0.15) is 6.61 Å². The number of benzene rings is 1. The zero-order valence-corrected chi connectivity index (χ0v) is 14.8. The van der Waals surface area contributed by atoms with E-state index in [2.05, 4.69) is 4.98 Å². The van der Waals surface area contributed by atoms with Gasteiger partial charge in [0.25, 0.3) is 0 Å². The van der Waals surface area contributed by atoms with E-state index in [-0.39, 0.29) is 17.9 Å². The monoisotopic (exact) mass is 354 g/mol. The fourth-order valence-corrected chi connectivity index (χ4v) is 3.44. The lowest BCUT2D eigenvalue weighted by atomic mass is 10.2. The summed E-state index contributed by atoms with van der Waals surface area (Å²) < 4.78 is 30.5.